The van der Waals surface area contributed by atoms with E-state index >= 15 is 0 Å². The van der Waals surface area contributed by atoms with Crippen LogP contribution in [0.25, 0.3) is 0 Å². The van der Waals surface area contributed by atoms with Gasteiger partial charge in [-0.1, -0.05) is 0 Å². The van der Waals surface area contributed by atoms with Gasteiger partial charge >= 0.3 is 145 Å². The first kappa shape index (κ1) is 24.0. The molecule has 0 atom stereocenters. The summed E-state index contributed by atoms with van der Waals surface area (Å²) in [6.07, 6.45) is 0. The topological polar surface area (TPSA) is 85.8 Å². The van der Waals surface area contributed by atoms with E-state index in [0.717, 1.165) is 0 Å². The molecule has 0 unspecified atom stereocenters. The van der Waals surface area contributed by atoms with Gasteiger partial charge in [-0.2, -0.15) is 0 Å². The van der Waals surface area contributed by atoms with Crippen LogP contribution in [0.15, 0.2) is 0 Å². The molecule has 0 aromatic heterocycles. The second-order valence-electron chi connectivity index (χ2n) is 0.982. The molecule has 0 aromatic rings. The standard InChI is InChI=1S/3Ca.H3O5P.V.6H/c;;;1-6(2,3)4-5-6;;;;;;;/h;;;1-3H;;;;;;;/q3*+2;;;6*-1. The summed E-state index contributed by atoms with van der Waals surface area (Å²) in [6, 6.07) is 0. The van der Waals surface area contributed by atoms with Gasteiger partial charge in [0.25, 0.3) is 0 Å². The Labute approximate surface area is 168 Å². The van der Waals surface area contributed by atoms with E-state index in [1.807, 2.05) is 0 Å². The van der Waals surface area contributed by atoms with Crippen molar-refractivity contribution < 1.29 is 51.1 Å². The fourth-order valence-electron chi connectivity index (χ4n) is 0.0447. The zero-order valence-corrected chi connectivity index (χ0v) is 14.1. The Morgan fingerprint density at radius 1 is 0.900 bits per heavy atom. The van der Waals surface area contributed by atoms with Gasteiger partial charge in [0.2, 0.25) is 0 Å². The maximum Gasteiger partial charge on any atom is 2.00 e. The zero-order chi connectivity index (χ0) is 4.86. The van der Waals surface area contributed by atoms with Crippen molar-refractivity contribution in [2.75, 3.05) is 0 Å². The van der Waals surface area contributed by atoms with Crippen molar-refractivity contribution in [1.82, 2.24) is 0 Å². The van der Waals surface area contributed by atoms with Crippen molar-refractivity contribution in [3.8, 4) is 0 Å². The van der Waals surface area contributed by atoms with Crippen molar-refractivity contribution in [3.63, 3.8) is 0 Å². The summed E-state index contributed by atoms with van der Waals surface area (Å²) < 4.78 is 6.76. The minimum absolute atomic E-state index is 0. The van der Waals surface area contributed by atoms with Crippen LogP contribution in [0.1, 0.15) is 8.56 Å². The van der Waals surface area contributed by atoms with Crippen molar-refractivity contribution in [2.24, 2.45) is 0 Å². The third-order valence-electron chi connectivity index (χ3n) is 0.275. The molecule has 10 heteroatoms. The summed E-state index contributed by atoms with van der Waals surface area (Å²) in [4.78, 5) is 23.7. The molecular weight excluding hydrogens is 282 g/mol. The Bertz CT molecular complexity index is 95.9. The Hall–Kier alpha value is 4.59. The maximum atomic E-state index is 7.89. The molecule has 0 bridgehead atoms. The summed E-state index contributed by atoms with van der Waals surface area (Å²) >= 11 is 0. The Morgan fingerprint density at radius 2 is 1.00 bits per heavy atom. The van der Waals surface area contributed by atoms with E-state index in [9.17, 15) is 0 Å². The second-order valence-corrected chi connectivity index (χ2v) is 2.95. The molecule has 3 N–H and O–H groups in total. The Morgan fingerprint density at radius 3 is 1.00 bits per heavy atom. The second kappa shape index (κ2) is 7.83. The van der Waals surface area contributed by atoms with Gasteiger partial charge in [-0.05, 0) is 0 Å². The minimum atomic E-state index is -4.80. The van der Waals surface area contributed by atoms with Crippen molar-refractivity contribution in [2.45, 2.75) is 0 Å². The van der Waals surface area contributed by atoms with Crippen LogP contribution < -0.4 is 0 Å². The van der Waals surface area contributed by atoms with Crippen LogP contribution in [0.3, 0.4) is 0 Å². The van der Waals surface area contributed by atoms with Crippen LogP contribution in [0.2, 0.25) is 0 Å². The smallest absolute Gasteiger partial charge is 1.00 e. The van der Waals surface area contributed by atoms with Crippen LogP contribution in [0.5, 0.6) is 0 Å². The van der Waals surface area contributed by atoms with Gasteiger partial charge in [0.1, 0.15) is 0 Å². The maximum absolute atomic E-state index is 7.89. The predicted molar refractivity (Wildman–Crippen MR) is 39.7 cm³/mol. The molecule has 0 aromatic carbocycles. The summed E-state index contributed by atoms with van der Waals surface area (Å²) in [5, 5.41) is 0. The van der Waals surface area contributed by atoms with Crippen LogP contribution >= 0.6 is 7.74 Å². The zero-order valence-electron chi connectivity index (χ0n) is 11.2. The van der Waals surface area contributed by atoms with E-state index in [4.69, 9.17) is 14.7 Å². The van der Waals surface area contributed by atoms with E-state index < -0.39 is 7.74 Å². The quantitative estimate of drug-likeness (QED) is 0.221. The number of hydrogen-bond acceptors (Lipinski definition) is 5. The average molecular weight is 291 g/mol. The first-order valence-corrected chi connectivity index (χ1v) is 3.06. The molecule has 1 aliphatic heterocycles. The van der Waals surface area contributed by atoms with E-state index in [-0.39, 0.29) is 140 Å². The van der Waals surface area contributed by atoms with Gasteiger partial charge in [0, 0.05) is 18.6 Å². The average Bonchev–Trinajstić information content (AvgIpc) is 1.73. The molecule has 1 fully saturated rings. The summed E-state index contributed by atoms with van der Waals surface area (Å²) in [5.74, 6) is 0. The van der Waals surface area contributed by atoms with Crippen molar-refractivity contribution in [3.05, 3.63) is 0 Å². The van der Waals surface area contributed by atoms with Crippen molar-refractivity contribution in [1.29, 1.82) is 0 Å². The Balaban J connectivity index is -0.00000000450. The van der Waals surface area contributed by atoms with Gasteiger partial charge in [0.05, 0.1) is 0 Å². The largest absolute Gasteiger partial charge is 2.00 e. The third-order valence-corrected chi connectivity index (χ3v) is 0.824. The molecule has 0 aliphatic carbocycles. The van der Waals surface area contributed by atoms with E-state index in [1.165, 1.54) is 0 Å². The van der Waals surface area contributed by atoms with Gasteiger partial charge in [0.15, 0.2) is 0 Å². The van der Waals surface area contributed by atoms with Crippen LogP contribution in [0.4, 0.5) is 0 Å². The van der Waals surface area contributed by atoms with Gasteiger partial charge < -0.3 is 8.56 Å². The first-order chi connectivity index (χ1) is 2.47. The molecule has 1 rings (SSSR count). The number of rotatable bonds is 0. The molecule has 55 valence electrons. The third kappa shape index (κ3) is 12.6. The first-order valence-electron chi connectivity index (χ1n) is 1.13. The van der Waals surface area contributed by atoms with E-state index in [1.54, 1.807) is 0 Å². The minimum Gasteiger partial charge on any atom is -1.00 e. The van der Waals surface area contributed by atoms with Gasteiger partial charge in [-0.25, -0.2) is 0 Å². The summed E-state index contributed by atoms with van der Waals surface area (Å²) in [7, 11) is -4.80. The Kier molecular flexibility index (Phi) is 18.8. The monoisotopic (exact) mass is 291 g/mol. The molecule has 1 heterocycles. The van der Waals surface area contributed by atoms with Gasteiger partial charge in [-0.3, -0.25) is 0 Å². The molecular formula is H9Ca3O5PV. The molecule has 10 heavy (non-hydrogen) atoms. The molecule has 5 nitrogen and oxygen atoms in total. The van der Waals surface area contributed by atoms with E-state index in [0.29, 0.717) is 0 Å². The van der Waals surface area contributed by atoms with E-state index in [2.05, 4.69) is 9.35 Å². The molecule has 0 amide bonds. The molecule has 0 saturated carbocycles. The summed E-state index contributed by atoms with van der Waals surface area (Å²) in [5.41, 5.74) is 0. The van der Waals surface area contributed by atoms with Crippen LogP contribution in [0, 0.1) is 0 Å². The van der Waals surface area contributed by atoms with Crippen LogP contribution in [-0.2, 0) is 27.9 Å². The SMILES string of the molecule is OP1(O)(O)OO1.[Ca+2].[Ca+2].[Ca+2].[H-].[H-].[H-].[H-].[H-].[H-].[V]. The van der Waals surface area contributed by atoms with Crippen LogP contribution in [-0.4, -0.2) is 128 Å². The molecule has 0 spiro atoms. The normalized spacial score (nSPS) is 25.7. The van der Waals surface area contributed by atoms with Gasteiger partial charge in [-0.15, -0.1) is 0 Å². The van der Waals surface area contributed by atoms with Crippen molar-refractivity contribution >= 4 is 121 Å². The fourth-order valence-corrected chi connectivity index (χ4v) is 0.402. The fraction of sp³-hybridized carbons (Fsp3) is 0. The molecule has 1 aliphatic rings. The predicted octanol–water partition coefficient (Wildman–Crippen LogP) is -1.42. The molecule has 1 saturated heterocycles. The number of hydrogen-bond donors (Lipinski definition) is 3. The summed E-state index contributed by atoms with van der Waals surface area (Å²) in [6.45, 7) is 0. The molecule has 1 radical (unpaired) electrons.